The first-order valence-corrected chi connectivity index (χ1v) is 10.0. The Morgan fingerprint density at radius 2 is 1.59 bits per heavy atom. The summed E-state index contributed by atoms with van der Waals surface area (Å²) in [6.45, 7) is 3.11. The van der Waals surface area contributed by atoms with E-state index in [2.05, 4.69) is 6.58 Å². The van der Waals surface area contributed by atoms with Gasteiger partial charge in [-0.1, -0.05) is 49.0 Å². The Morgan fingerprint density at radius 3 is 2.25 bits per heavy atom. The summed E-state index contributed by atoms with van der Waals surface area (Å²) in [5, 5.41) is 29.2. The number of aromatic carboxylic acids is 2. The molecule has 0 bridgehead atoms. The molecule has 1 aliphatic carbocycles. The van der Waals surface area contributed by atoms with E-state index >= 15 is 0 Å². The van der Waals surface area contributed by atoms with Crippen LogP contribution in [0.5, 0.6) is 0 Å². The van der Waals surface area contributed by atoms with Crippen LogP contribution >= 0.6 is 0 Å². The summed E-state index contributed by atoms with van der Waals surface area (Å²) in [5.74, 6) is -3.41. The largest absolute Gasteiger partial charge is 0.478 e. The van der Waals surface area contributed by atoms with E-state index in [0.29, 0.717) is 17.5 Å². The molecule has 1 aliphatic rings. The number of carbonyl (C=O) groups excluding carboxylic acids is 1. The van der Waals surface area contributed by atoms with Crippen molar-refractivity contribution in [1.29, 1.82) is 0 Å². The van der Waals surface area contributed by atoms with Crippen molar-refractivity contribution in [2.45, 2.75) is 12.8 Å². The highest BCUT2D eigenvalue weighted by atomic mass is 16.4. The number of carbonyl (C=O) groups is 3. The fourth-order valence-electron chi connectivity index (χ4n) is 4.52. The van der Waals surface area contributed by atoms with Crippen LogP contribution in [-0.2, 0) is 12.8 Å². The van der Waals surface area contributed by atoms with E-state index in [1.807, 2.05) is 36.4 Å². The zero-order chi connectivity index (χ0) is 23.0. The average Bonchev–Trinajstić information content (AvgIpc) is 3.16. The summed E-state index contributed by atoms with van der Waals surface area (Å²) in [6.07, 6.45) is 1.54. The zero-order valence-electron chi connectivity index (χ0n) is 17.1. The number of allylic oxidation sites excluding steroid dienone is 1. The number of benzene rings is 3. The Morgan fingerprint density at radius 1 is 0.906 bits per heavy atom. The van der Waals surface area contributed by atoms with E-state index in [4.69, 9.17) is 0 Å². The highest BCUT2D eigenvalue weighted by molar-refractivity contribution is 6.14. The van der Waals surface area contributed by atoms with E-state index in [1.54, 1.807) is 6.07 Å². The van der Waals surface area contributed by atoms with Gasteiger partial charge in [0.1, 0.15) is 0 Å². The number of ketones is 1. The second-order valence-corrected chi connectivity index (χ2v) is 7.52. The van der Waals surface area contributed by atoms with Crippen LogP contribution in [0.25, 0.3) is 22.3 Å². The smallest absolute Gasteiger partial charge is 0.336 e. The molecule has 0 saturated carbocycles. The number of hydrogen-bond donors (Lipinski definition) is 3. The van der Waals surface area contributed by atoms with E-state index in [1.165, 1.54) is 0 Å². The molecule has 32 heavy (non-hydrogen) atoms. The maximum atomic E-state index is 12.8. The van der Waals surface area contributed by atoms with Crippen molar-refractivity contribution >= 4 is 17.7 Å². The summed E-state index contributed by atoms with van der Waals surface area (Å²) in [5.41, 5.74) is 4.30. The lowest BCUT2D eigenvalue weighted by Gasteiger charge is -2.20. The average molecular weight is 428 g/mol. The minimum atomic E-state index is -1.46. The van der Waals surface area contributed by atoms with Crippen molar-refractivity contribution in [3.05, 3.63) is 94.6 Å². The van der Waals surface area contributed by atoms with Gasteiger partial charge in [0.05, 0.1) is 11.1 Å². The van der Waals surface area contributed by atoms with Crippen LogP contribution in [0.1, 0.15) is 47.8 Å². The lowest BCUT2D eigenvalue weighted by Crippen LogP contribution is -2.17. The molecule has 0 heterocycles. The van der Waals surface area contributed by atoms with Crippen LogP contribution in [0.4, 0.5) is 0 Å². The van der Waals surface area contributed by atoms with Crippen LogP contribution in [0.3, 0.4) is 0 Å². The molecule has 3 aromatic carbocycles. The summed E-state index contributed by atoms with van der Waals surface area (Å²) in [4.78, 5) is 36.8. The summed E-state index contributed by atoms with van der Waals surface area (Å²) in [6, 6.07) is 14.6. The van der Waals surface area contributed by atoms with Crippen molar-refractivity contribution in [3.8, 4) is 22.3 Å². The number of aliphatic hydroxyl groups is 1. The van der Waals surface area contributed by atoms with Crippen LogP contribution < -0.4 is 0 Å². The van der Waals surface area contributed by atoms with Crippen molar-refractivity contribution in [2.24, 2.45) is 0 Å². The molecular weight excluding hydrogens is 408 g/mol. The van der Waals surface area contributed by atoms with Gasteiger partial charge in [-0.25, -0.2) is 9.59 Å². The molecule has 0 atom stereocenters. The van der Waals surface area contributed by atoms with Crippen LogP contribution in [0.2, 0.25) is 0 Å². The Labute approximate surface area is 184 Å². The lowest BCUT2D eigenvalue weighted by molar-refractivity contribution is 0.0650. The van der Waals surface area contributed by atoms with Crippen molar-refractivity contribution in [2.75, 3.05) is 6.61 Å². The standard InChI is InChI=1S/C26H20O6/c1-2-22(28)20-13-21(25(29)30)24(26(31)32)18(10-11-27)23(20)17-9-5-8-16-15-7-4-3-6-14(15)12-19(16)17/h2-9,13,27H,1,10-12H2,(H,29,30)(H,31,32). The molecule has 0 radical (unpaired) electrons. The Kier molecular flexibility index (Phi) is 5.47. The number of hydrogen-bond acceptors (Lipinski definition) is 4. The Hall–Kier alpha value is -4.03. The van der Waals surface area contributed by atoms with Crippen molar-refractivity contribution < 1.29 is 29.7 Å². The van der Waals surface area contributed by atoms with Gasteiger partial charge in [0.2, 0.25) is 0 Å². The molecule has 0 amide bonds. The van der Waals surface area contributed by atoms with E-state index in [9.17, 15) is 29.7 Å². The van der Waals surface area contributed by atoms with Gasteiger partial charge < -0.3 is 15.3 Å². The number of carboxylic acids is 2. The molecule has 0 spiro atoms. The van der Waals surface area contributed by atoms with Crippen LogP contribution in [0.15, 0.2) is 61.2 Å². The molecule has 6 heteroatoms. The van der Waals surface area contributed by atoms with Crippen LogP contribution in [0, 0.1) is 0 Å². The van der Waals surface area contributed by atoms with E-state index in [0.717, 1.165) is 34.4 Å². The minimum absolute atomic E-state index is 0.0511. The fourth-order valence-corrected chi connectivity index (χ4v) is 4.52. The molecule has 160 valence electrons. The SMILES string of the molecule is C=CC(=O)c1cc(C(=O)O)c(C(=O)O)c(CCO)c1-c1cccc2c1Cc1ccccc1-2. The monoisotopic (exact) mass is 428 g/mol. The van der Waals surface area contributed by atoms with E-state index < -0.39 is 35.5 Å². The Balaban J connectivity index is 2.13. The quantitative estimate of drug-likeness (QED) is 0.300. The number of carboxylic acid groups (broad SMARTS) is 2. The predicted molar refractivity (Wildman–Crippen MR) is 119 cm³/mol. The third kappa shape index (κ3) is 3.31. The number of rotatable bonds is 7. The highest BCUT2D eigenvalue weighted by Gasteiger charge is 2.30. The summed E-state index contributed by atoms with van der Waals surface area (Å²) in [7, 11) is 0. The maximum Gasteiger partial charge on any atom is 0.336 e. The molecule has 3 N–H and O–H groups in total. The van der Waals surface area contributed by atoms with Gasteiger partial charge in [0, 0.05) is 12.2 Å². The van der Waals surface area contributed by atoms with Gasteiger partial charge in [-0.15, -0.1) is 0 Å². The molecule has 0 saturated heterocycles. The third-order valence-corrected chi connectivity index (χ3v) is 5.81. The zero-order valence-corrected chi connectivity index (χ0v) is 17.1. The van der Waals surface area contributed by atoms with Crippen molar-refractivity contribution in [3.63, 3.8) is 0 Å². The molecule has 0 aromatic heterocycles. The van der Waals surface area contributed by atoms with E-state index in [-0.39, 0.29) is 17.5 Å². The predicted octanol–water partition coefficient (Wildman–Crippen LogP) is 4.22. The fraction of sp³-hybridized carbons (Fsp3) is 0.115. The number of fused-ring (bicyclic) bond motifs is 3. The van der Waals surface area contributed by atoms with Gasteiger partial charge in [-0.05, 0) is 63.9 Å². The molecule has 0 aliphatic heterocycles. The van der Waals surface area contributed by atoms with Crippen LogP contribution in [-0.4, -0.2) is 39.6 Å². The maximum absolute atomic E-state index is 12.8. The third-order valence-electron chi connectivity index (χ3n) is 5.81. The topological polar surface area (TPSA) is 112 Å². The van der Waals surface area contributed by atoms with Gasteiger partial charge in [0.15, 0.2) is 5.78 Å². The molecule has 0 fully saturated rings. The van der Waals surface area contributed by atoms with Crippen molar-refractivity contribution in [1.82, 2.24) is 0 Å². The summed E-state index contributed by atoms with van der Waals surface area (Å²) >= 11 is 0. The molecule has 3 aromatic rings. The second kappa shape index (κ2) is 8.24. The first kappa shape index (κ1) is 21.2. The van der Waals surface area contributed by atoms with Gasteiger partial charge >= 0.3 is 11.9 Å². The first-order valence-electron chi connectivity index (χ1n) is 10.0. The highest BCUT2D eigenvalue weighted by Crippen LogP contribution is 2.44. The number of aliphatic hydroxyl groups excluding tert-OH is 1. The first-order chi connectivity index (χ1) is 15.4. The Bertz CT molecular complexity index is 1300. The minimum Gasteiger partial charge on any atom is -0.478 e. The molecular formula is C26H20O6. The molecule has 0 unspecified atom stereocenters. The second-order valence-electron chi connectivity index (χ2n) is 7.52. The van der Waals surface area contributed by atoms with Gasteiger partial charge in [0.25, 0.3) is 0 Å². The summed E-state index contributed by atoms with van der Waals surface area (Å²) < 4.78 is 0. The van der Waals surface area contributed by atoms with Gasteiger partial charge in [-0.2, -0.15) is 0 Å². The molecule has 4 rings (SSSR count). The van der Waals surface area contributed by atoms with Gasteiger partial charge in [-0.3, -0.25) is 4.79 Å². The molecule has 6 nitrogen and oxygen atoms in total. The lowest BCUT2D eigenvalue weighted by atomic mass is 9.82. The normalized spacial score (nSPS) is 11.5.